The second-order valence-electron chi connectivity index (χ2n) is 4.29. The molecule has 1 aromatic rings. The summed E-state index contributed by atoms with van der Waals surface area (Å²) in [6.07, 6.45) is -0.470. The number of benzene rings is 1. The molecule has 1 aromatic carbocycles. The van der Waals surface area contributed by atoms with Gasteiger partial charge in [-0.15, -0.1) is 0 Å². The molecule has 0 heterocycles. The number of para-hydroxylation sites is 1. The van der Waals surface area contributed by atoms with Gasteiger partial charge in [-0.1, -0.05) is 32.0 Å². The molecule has 0 radical (unpaired) electrons. The monoisotopic (exact) mass is 223 g/mol. The first-order valence-electron chi connectivity index (χ1n) is 5.69. The Morgan fingerprint density at radius 1 is 1.31 bits per heavy atom. The molecule has 0 unspecified atom stereocenters. The van der Waals surface area contributed by atoms with E-state index in [2.05, 4.69) is 19.2 Å². The van der Waals surface area contributed by atoms with Gasteiger partial charge >= 0.3 is 0 Å². The zero-order valence-electron chi connectivity index (χ0n) is 10.2. The standard InChI is InChI=1S/C13H21NO2/c1-10(2)14-8-12(15)9-16-13-7-5-4-6-11(13)3/h4-7,10,12,14-15H,8-9H2,1-3H3/t12-/m1/s1. The first-order chi connectivity index (χ1) is 7.59. The predicted molar refractivity (Wildman–Crippen MR) is 65.8 cm³/mol. The largest absolute Gasteiger partial charge is 0.491 e. The van der Waals surface area contributed by atoms with Crippen molar-refractivity contribution in [2.24, 2.45) is 0 Å². The van der Waals surface area contributed by atoms with Crippen LogP contribution in [0.5, 0.6) is 5.75 Å². The smallest absolute Gasteiger partial charge is 0.122 e. The SMILES string of the molecule is Cc1ccccc1OC[C@H](O)CNC(C)C. The van der Waals surface area contributed by atoms with Gasteiger partial charge in [-0.05, 0) is 18.6 Å². The third kappa shape index (κ3) is 4.64. The van der Waals surface area contributed by atoms with Gasteiger partial charge in [0.05, 0.1) is 0 Å². The molecule has 0 aliphatic heterocycles. The molecular formula is C13H21NO2. The van der Waals surface area contributed by atoms with Crippen LogP contribution in [0, 0.1) is 6.92 Å². The van der Waals surface area contributed by atoms with Crippen LogP contribution in [-0.2, 0) is 0 Å². The van der Waals surface area contributed by atoms with Crippen LogP contribution in [0.25, 0.3) is 0 Å². The molecule has 0 saturated heterocycles. The van der Waals surface area contributed by atoms with Crippen LogP contribution in [0.15, 0.2) is 24.3 Å². The van der Waals surface area contributed by atoms with Crippen molar-refractivity contribution in [3.63, 3.8) is 0 Å². The molecule has 0 aliphatic rings. The highest BCUT2D eigenvalue weighted by molar-refractivity contribution is 5.31. The Kier molecular flexibility index (Phi) is 5.29. The lowest BCUT2D eigenvalue weighted by molar-refractivity contribution is 0.104. The van der Waals surface area contributed by atoms with E-state index in [1.165, 1.54) is 0 Å². The molecule has 90 valence electrons. The van der Waals surface area contributed by atoms with Crippen molar-refractivity contribution in [3.8, 4) is 5.75 Å². The molecule has 1 rings (SSSR count). The van der Waals surface area contributed by atoms with E-state index >= 15 is 0 Å². The molecule has 1 atom stereocenters. The number of rotatable bonds is 6. The maximum absolute atomic E-state index is 9.66. The van der Waals surface area contributed by atoms with Crippen LogP contribution in [-0.4, -0.2) is 30.4 Å². The molecular weight excluding hydrogens is 202 g/mol. The fraction of sp³-hybridized carbons (Fsp3) is 0.538. The number of hydrogen-bond donors (Lipinski definition) is 2. The zero-order valence-corrected chi connectivity index (χ0v) is 10.2. The Morgan fingerprint density at radius 2 is 2.00 bits per heavy atom. The van der Waals surface area contributed by atoms with Gasteiger partial charge in [0.2, 0.25) is 0 Å². The summed E-state index contributed by atoms with van der Waals surface area (Å²) in [5, 5.41) is 12.8. The second-order valence-corrected chi connectivity index (χ2v) is 4.29. The van der Waals surface area contributed by atoms with Crippen LogP contribution < -0.4 is 10.1 Å². The van der Waals surface area contributed by atoms with Crippen molar-refractivity contribution in [1.82, 2.24) is 5.32 Å². The minimum absolute atomic E-state index is 0.324. The fourth-order valence-corrected chi connectivity index (χ4v) is 1.34. The number of ether oxygens (including phenoxy) is 1. The lowest BCUT2D eigenvalue weighted by atomic mass is 10.2. The van der Waals surface area contributed by atoms with Crippen LogP contribution in [0.4, 0.5) is 0 Å². The van der Waals surface area contributed by atoms with E-state index in [0.717, 1.165) is 11.3 Å². The number of aryl methyl sites for hydroxylation is 1. The molecule has 0 fully saturated rings. The van der Waals surface area contributed by atoms with Crippen LogP contribution in [0.1, 0.15) is 19.4 Å². The van der Waals surface area contributed by atoms with E-state index in [1.54, 1.807) is 0 Å². The molecule has 0 amide bonds. The van der Waals surface area contributed by atoms with E-state index in [4.69, 9.17) is 4.74 Å². The molecule has 2 N–H and O–H groups in total. The molecule has 0 aromatic heterocycles. The average molecular weight is 223 g/mol. The van der Waals surface area contributed by atoms with Crippen LogP contribution in [0.2, 0.25) is 0 Å². The summed E-state index contributed by atoms with van der Waals surface area (Å²) in [6, 6.07) is 8.19. The molecule has 3 heteroatoms. The van der Waals surface area contributed by atoms with Crippen LogP contribution >= 0.6 is 0 Å². The third-order valence-electron chi connectivity index (χ3n) is 2.29. The zero-order chi connectivity index (χ0) is 12.0. The molecule has 0 bridgehead atoms. The first kappa shape index (κ1) is 13.0. The highest BCUT2D eigenvalue weighted by Gasteiger charge is 2.06. The van der Waals surface area contributed by atoms with Crippen molar-refractivity contribution >= 4 is 0 Å². The van der Waals surface area contributed by atoms with Crippen molar-refractivity contribution in [1.29, 1.82) is 0 Å². The minimum Gasteiger partial charge on any atom is -0.491 e. The highest BCUT2D eigenvalue weighted by Crippen LogP contribution is 2.16. The molecule has 0 aliphatic carbocycles. The number of nitrogens with one attached hydrogen (secondary N) is 1. The van der Waals surface area contributed by atoms with E-state index < -0.39 is 6.10 Å². The molecule has 3 nitrogen and oxygen atoms in total. The molecule has 0 saturated carbocycles. The summed E-state index contributed by atoms with van der Waals surface area (Å²) in [6.45, 7) is 6.98. The van der Waals surface area contributed by atoms with Gasteiger partial charge < -0.3 is 15.2 Å². The highest BCUT2D eigenvalue weighted by atomic mass is 16.5. The Hall–Kier alpha value is -1.06. The lowest BCUT2D eigenvalue weighted by Crippen LogP contribution is -2.35. The average Bonchev–Trinajstić information content (AvgIpc) is 2.25. The Morgan fingerprint density at radius 3 is 2.62 bits per heavy atom. The van der Waals surface area contributed by atoms with E-state index in [9.17, 15) is 5.11 Å². The summed E-state index contributed by atoms with van der Waals surface area (Å²) in [5.41, 5.74) is 1.09. The lowest BCUT2D eigenvalue weighted by Gasteiger charge is -2.15. The van der Waals surface area contributed by atoms with Crippen LogP contribution in [0.3, 0.4) is 0 Å². The summed E-state index contributed by atoms with van der Waals surface area (Å²) >= 11 is 0. The Balaban J connectivity index is 2.31. The van der Waals surface area contributed by atoms with Crippen molar-refractivity contribution in [2.45, 2.75) is 32.9 Å². The Bertz CT molecular complexity index is 313. The normalized spacial score (nSPS) is 12.8. The number of aliphatic hydroxyl groups excluding tert-OH is 1. The van der Waals surface area contributed by atoms with E-state index in [-0.39, 0.29) is 0 Å². The number of aliphatic hydroxyl groups is 1. The van der Waals surface area contributed by atoms with Gasteiger partial charge in [-0.2, -0.15) is 0 Å². The van der Waals surface area contributed by atoms with E-state index in [0.29, 0.717) is 19.2 Å². The molecule has 0 spiro atoms. The van der Waals surface area contributed by atoms with Gasteiger partial charge in [-0.25, -0.2) is 0 Å². The quantitative estimate of drug-likeness (QED) is 0.771. The maximum Gasteiger partial charge on any atom is 0.122 e. The predicted octanol–water partition coefficient (Wildman–Crippen LogP) is 1.73. The summed E-state index contributed by atoms with van der Waals surface area (Å²) in [4.78, 5) is 0. The van der Waals surface area contributed by atoms with Gasteiger partial charge in [0.1, 0.15) is 18.5 Å². The van der Waals surface area contributed by atoms with E-state index in [1.807, 2.05) is 31.2 Å². The summed E-state index contributed by atoms with van der Waals surface area (Å²) in [5.74, 6) is 0.839. The third-order valence-corrected chi connectivity index (χ3v) is 2.29. The fourth-order valence-electron chi connectivity index (χ4n) is 1.34. The van der Waals surface area contributed by atoms with Crippen molar-refractivity contribution in [3.05, 3.63) is 29.8 Å². The van der Waals surface area contributed by atoms with Gasteiger partial charge in [-0.3, -0.25) is 0 Å². The topological polar surface area (TPSA) is 41.5 Å². The minimum atomic E-state index is -0.470. The number of hydrogen-bond acceptors (Lipinski definition) is 3. The maximum atomic E-state index is 9.66. The molecule has 16 heavy (non-hydrogen) atoms. The summed E-state index contributed by atoms with van der Waals surface area (Å²) < 4.78 is 5.54. The van der Waals surface area contributed by atoms with Gasteiger partial charge in [0.25, 0.3) is 0 Å². The first-order valence-corrected chi connectivity index (χ1v) is 5.69. The van der Waals surface area contributed by atoms with Gasteiger partial charge in [0.15, 0.2) is 0 Å². The van der Waals surface area contributed by atoms with Crippen molar-refractivity contribution in [2.75, 3.05) is 13.2 Å². The Labute approximate surface area is 97.4 Å². The summed E-state index contributed by atoms with van der Waals surface area (Å²) in [7, 11) is 0. The van der Waals surface area contributed by atoms with Gasteiger partial charge in [0, 0.05) is 12.6 Å². The second kappa shape index (κ2) is 6.51. The van der Waals surface area contributed by atoms with Crippen molar-refractivity contribution < 1.29 is 9.84 Å².